The van der Waals surface area contributed by atoms with Gasteiger partial charge in [0, 0.05) is 21.9 Å². The summed E-state index contributed by atoms with van der Waals surface area (Å²) in [6, 6.07) is 14.5. The molecule has 1 atom stereocenters. The van der Waals surface area contributed by atoms with E-state index in [1.165, 1.54) is 0 Å². The quantitative estimate of drug-likeness (QED) is 0.827. The Labute approximate surface area is 149 Å². The van der Waals surface area contributed by atoms with Crippen LogP contribution in [0, 0.1) is 11.3 Å². The van der Waals surface area contributed by atoms with Gasteiger partial charge in [0.15, 0.2) is 5.78 Å². The van der Waals surface area contributed by atoms with Crippen molar-refractivity contribution in [1.29, 1.82) is 5.26 Å². The van der Waals surface area contributed by atoms with Crippen LogP contribution >= 0.6 is 11.6 Å². The fourth-order valence-electron chi connectivity index (χ4n) is 2.75. The van der Waals surface area contributed by atoms with Crippen LogP contribution in [-0.2, 0) is 0 Å². The molecule has 1 heterocycles. The molecular weight excluding hydrogens is 338 g/mol. The second-order valence-corrected chi connectivity index (χ2v) is 6.08. The molecule has 0 bridgehead atoms. The van der Waals surface area contributed by atoms with Gasteiger partial charge in [0.25, 0.3) is 0 Å². The summed E-state index contributed by atoms with van der Waals surface area (Å²) in [6.45, 7) is 1.69. The number of nitrogens with one attached hydrogen (secondary N) is 2. The largest absolute Gasteiger partial charge is 0.327 e. The molecule has 0 spiro atoms. The summed E-state index contributed by atoms with van der Waals surface area (Å²) in [6.07, 6.45) is 0. The number of Topliss-reactive ketones (excluding diaryl/α,β-unsaturated/α-hetero) is 1. The van der Waals surface area contributed by atoms with E-state index in [-0.39, 0.29) is 11.8 Å². The number of halogens is 1. The summed E-state index contributed by atoms with van der Waals surface area (Å²) >= 11 is 5.88. The average molecular weight is 352 g/mol. The monoisotopic (exact) mass is 351 g/mol. The first-order valence-electron chi connectivity index (χ1n) is 7.58. The third kappa shape index (κ3) is 3.39. The van der Waals surface area contributed by atoms with E-state index in [0.29, 0.717) is 27.4 Å². The number of carbonyl (C=O) groups excluding carboxylic acids is 2. The molecule has 0 radical (unpaired) electrons. The van der Waals surface area contributed by atoms with E-state index in [1.54, 1.807) is 55.5 Å². The van der Waals surface area contributed by atoms with Crippen molar-refractivity contribution in [2.75, 3.05) is 0 Å². The van der Waals surface area contributed by atoms with Gasteiger partial charge in [-0.05, 0) is 48.9 Å². The lowest BCUT2D eigenvalue weighted by Crippen LogP contribution is -2.45. The Kier molecular flexibility index (Phi) is 4.55. The maximum absolute atomic E-state index is 13.0. The number of hydrogen-bond donors (Lipinski definition) is 2. The van der Waals surface area contributed by atoms with Crippen molar-refractivity contribution in [1.82, 2.24) is 10.6 Å². The highest BCUT2D eigenvalue weighted by Gasteiger charge is 2.31. The summed E-state index contributed by atoms with van der Waals surface area (Å²) in [5, 5.41) is 14.9. The predicted octanol–water partition coefficient (Wildman–Crippen LogP) is 3.72. The molecule has 2 N–H and O–H groups in total. The number of nitriles is 1. The first-order chi connectivity index (χ1) is 12.0. The van der Waals surface area contributed by atoms with Gasteiger partial charge in [-0.1, -0.05) is 23.7 Å². The summed E-state index contributed by atoms with van der Waals surface area (Å²) in [7, 11) is 0. The van der Waals surface area contributed by atoms with Crippen molar-refractivity contribution >= 4 is 23.4 Å². The molecule has 25 heavy (non-hydrogen) atoms. The van der Waals surface area contributed by atoms with Crippen molar-refractivity contribution < 1.29 is 9.59 Å². The standard InChI is InChI=1S/C19H14ClN3O2/c1-11-16(18(24)14-6-8-15(20)9-7-14)17(23-19(25)22-11)13-4-2-12(10-21)3-5-13/h2-9,17H,1H3,(H2,22,23,25)/t17-/m0/s1. The van der Waals surface area contributed by atoms with Crippen LogP contribution < -0.4 is 10.6 Å². The Morgan fingerprint density at radius 3 is 2.36 bits per heavy atom. The fourth-order valence-corrected chi connectivity index (χ4v) is 2.88. The van der Waals surface area contributed by atoms with Gasteiger partial charge >= 0.3 is 6.03 Å². The third-order valence-electron chi connectivity index (χ3n) is 3.99. The van der Waals surface area contributed by atoms with E-state index in [9.17, 15) is 9.59 Å². The molecule has 6 heteroatoms. The van der Waals surface area contributed by atoms with Crippen LogP contribution in [0.3, 0.4) is 0 Å². The number of rotatable bonds is 3. The Morgan fingerprint density at radius 1 is 1.12 bits per heavy atom. The molecule has 1 aliphatic heterocycles. The van der Waals surface area contributed by atoms with Crippen LogP contribution in [0.15, 0.2) is 59.8 Å². The van der Waals surface area contributed by atoms with Gasteiger partial charge in [-0.25, -0.2) is 4.79 Å². The molecule has 0 saturated carbocycles. The van der Waals surface area contributed by atoms with Gasteiger partial charge in [0.05, 0.1) is 17.7 Å². The van der Waals surface area contributed by atoms with Crippen LogP contribution in [0.2, 0.25) is 5.02 Å². The SMILES string of the molecule is CC1=C(C(=O)c2ccc(Cl)cc2)[C@H](c2ccc(C#N)cc2)NC(=O)N1. The van der Waals surface area contributed by atoms with Gasteiger partial charge in [-0.2, -0.15) is 5.26 Å². The predicted molar refractivity (Wildman–Crippen MR) is 94.0 cm³/mol. The molecule has 0 aromatic heterocycles. The lowest BCUT2D eigenvalue weighted by molar-refractivity contribution is 0.102. The normalized spacial score (nSPS) is 16.7. The number of carbonyl (C=O) groups is 2. The number of benzene rings is 2. The van der Waals surface area contributed by atoms with Crippen molar-refractivity contribution in [3.05, 3.63) is 81.5 Å². The van der Waals surface area contributed by atoms with Crippen molar-refractivity contribution in [3.63, 3.8) is 0 Å². The van der Waals surface area contributed by atoms with Gasteiger partial charge in [0.1, 0.15) is 0 Å². The molecule has 0 unspecified atom stereocenters. The van der Waals surface area contributed by atoms with Crippen molar-refractivity contribution in [2.45, 2.75) is 13.0 Å². The number of urea groups is 1. The van der Waals surface area contributed by atoms with Gasteiger partial charge in [-0.3, -0.25) is 4.79 Å². The molecule has 2 amide bonds. The minimum absolute atomic E-state index is 0.198. The van der Waals surface area contributed by atoms with E-state index in [4.69, 9.17) is 16.9 Å². The zero-order valence-electron chi connectivity index (χ0n) is 13.3. The minimum Gasteiger partial charge on any atom is -0.327 e. The lowest BCUT2D eigenvalue weighted by atomic mass is 9.89. The molecular formula is C19H14ClN3O2. The highest BCUT2D eigenvalue weighted by Crippen LogP contribution is 2.29. The van der Waals surface area contributed by atoms with Gasteiger partial charge in [0.2, 0.25) is 0 Å². The highest BCUT2D eigenvalue weighted by atomic mass is 35.5. The van der Waals surface area contributed by atoms with E-state index in [0.717, 1.165) is 5.56 Å². The third-order valence-corrected chi connectivity index (χ3v) is 4.25. The molecule has 2 aromatic rings. The van der Waals surface area contributed by atoms with Gasteiger partial charge < -0.3 is 10.6 Å². The number of allylic oxidation sites excluding steroid dienone is 1. The highest BCUT2D eigenvalue weighted by molar-refractivity contribution is 6.30. The maximum atomic E-state index is 13.0. The first kappa shape index (κ1) is 16.7. The van der Waals surface area contributed by atoms with Gasteiger partial charge in [-0.15, -0.1) is 0 Å². The smallest absolute Gasteiger partial charge is 0.319 e. The summed E-state index contributed by atoms with van der Waals surface area (Å²) in [5.74, 6) is -0.198. The lowest BCUT2D eigenvalue weighted by Gasteiger charge is -2.28. The van der Waals surface area contributed by atoms with Crippen LogP contribution in [-0.4, -0.2) is 11.8 Å². The Hall–Kier alpha value is -3.10. The Morgan fingerprint density at radius 2 is 1.76 bits per heavy atom. The van der Waals surface area contributed by atoms with E-state index in [1.807, 2.05) is 6.07 Å². The molecule has 5 nitrogen and oxygen atoms in total. The minimum atomic E-state index is -0.593. The topological polar surface area (TPSA) is 82.0 Å². The second-order valence-electron chi connectivity index (χ2n) is 5.64. The molecule has 1 aliphatic rings. The second kappa shape index (κ2) is 6.80. The molecule has 0 aliphatic carbocycles. The van der Waals surface area contributed by atoms with E-state index < -0.39 is 6.04 Å². The van der Waals surface area contributed by atoms with Crippen molar-refractivity contribution in [3.8, 4) is 6.07 Å². The zero-order chi connectivity index (χ0) is 18.0. The molecule has 2 aromatic carbocycles. The fraction of sp³-hybridized carbons (Fsp3) is 0.105. The van der Waals surface area contributed by atoms with Crippen molar-refractivity contribution in [2.24, 2.45) is 0 Å². The summed E-state index contributed by atoms with van der Waals surface area (Å²) in [4.78, 5) is 24.9. The van der Waals surface area contributed by atoms with Crippen LogP contribution in [0.5, 0.6) is 0 Å². The maximum Gasteiger partial charge on any atom is 0.319 e. The Bertz CT molecular complexity index is 909. The number of amides is 2. The molecule has 0 fully saturated rings. The Balaban J connectivity index is 2.04. The first-order valence-corrected chi connectivity index (χ1v) is 7.96. The van der Waals surface area contributed by atoms with Crippen LogP contribution in [0.25, 0.3) is 0 Å². The molecule has 0 saturated heterocycles. The molecule has 124 valence electrons. The van der Waals surface area contributed by atoms with Crippen LogP contribution in [0.4, 0.5) is 4.79 Å². The number of nitrogens with zero attached hydrogens (tertiary/aromatic N) is 1. The molecule has 3 rings (SSSR count). The van der Waals surface area contributed by atoms with E-state index in [2.05, 4.69) is 10.6 Å². The summed E-state index contributed by atoms with van der Waals surface area (Å²) in [5.41, 5.74) is 2.67. The number of hydrogen-bond acceptors (Lipinski definition) is 3. The van der Waals surface area contributed by atoms with E-state index >= 15 is 0 Å². The summed E-state index contributed by atoms with van der Waals surface area (Å²) < 4.78 is 0. The van der Waals surface area contributed by atoms with Crippen LogP contribution in [0.1, 0.15) is 34.5 Å². The zero-order valence-corrected chi connectivity index (χ0v) is 14.1. The number of ketones is 1. The average Bonchev–Trinajstić information content (AvgIpc) is 2.61.